The van der Waals surface area contributed by atoms with E-state index in [4.69, 9.17) is 5.73 Å². The molecule has 0 bridgehead atoms. The minimum absolute atomic E-state index is 0.761. The Morgan fingerprint density at radius 1 is 1.58 bits per heavy atom. The first-order valence-corrected chi connectivity index (χ1v) is 4.51. The van der Waals surface area contributed by atoms with Gasteiger partial charge in [0.05, 0.1) is 6.20 Å². The molecule has 1 rings (SSSR count). The Kier molecular flexibility index (Phi) is 3.29. The van der Waals surface area contributed by atoms with Gasteiger partial charge in [0.2, 0.25) is 0 Å². The van der Waals surface area contributed by atoms with E-state index in [0.29, 0.717) is 0 Å². The average molecular weight is 167 g/mol. The lowest BCUT2D eigenvalue weighted by Gasteiger charge is -2.00. The van der Waals surface area contributed by atoms with Crippen molar-refractivity contribution in [3.63, 3.8) is 0 Å². The van der Waals surface area contributed by atoms with Gasteiger partial charge in [0, 0.05) is 12.2 Å². The molecule has 0 radical (unpaired) electrons. The average Bonchev–Trinajstić information content (AvgIpc) is 2.43. The van der Waals surface area contributed by atoms with E-state index >= 15 is 0 Å². The first-order valence-electron chi connectivity index (χ1n) is 4.51. The highest BCUT2D eigenvalue weighted by molar-refractivity contribution is 5.15. The van der Waals surface area contributed by atoms with Gasteiger partial charge < -0.3 is 5.73 Å². The van der Waals surface area contributed by atoms with Crippen LogP contribution in [0.2, 0.25) is 0 Å². The lowest BCUT2D eigenvalue weighted by molar-refractivity contribution is 0.637. The van der Waals surface area contributed by atoms with Crippen LogP contribution in [0.1, 0.15) is 24.6 Å². The van der Waals surface area contributed by atoms with Gasteiger partial charge in [0.15, 0.2) is 0 Å². The van der Waals surface area contributed by atoms with E-state index in [1.165, 1.54) is 11.3 Å². The molecule has 1 aromatic heterocycles. The third-order valence-corrected chi connectivity index (χ3v) is 2.15. The Hall–Kier alpha value is -0.830. The normalized spacial score (nSPS) is 10.6. The van der Waals surface area contributed by atoms with Crippen molar-refractivity contribution in [1.29, 1.82) is 0 Å². The third-order valence-electron chi connectivity index (χ3n) is 2.15. The SMILES string of the molecule is CCn1ncc(CCCN)c1C. The molecule has 0 aromatic carbocycles. The van der Waals surface area contributed by atoms with Crippen LogP contribution in [-0.4, -0.2) is 16.3 Å². The number of aromatic nitrogens is 2. The standard InChI is InChI=1S/C9H17N3/c1-3-12-8(2)9(7-11-12)5-4-6-10/h7H,3-6,10H2,1-2H3. The molecule has 0 unspecified atom stereocenters. The predicted molar refractivity (Wildman–Crippen MR) is 50.0 cm³/mol. The number of nitrogens with zero attached hydrogens (tertiary/aromatic N) is 2. The Balaban J connectivity index is 2.66. The fraction of sp³-hybridized carbons (Fsp3) is 0.667. The van der Waals surface area contributed by atoms with Crippen molar-refractivity contribution in [2.45, 2.75) is 33.2 Å². The molecule has 0 aliphatic heterocycles. The summed E-state index contributed by atoms with van der Waals surface area (Å²) in [5, 5.41) is 4.26. The van der Waals surface area contributed by atoms with Crippen LogP contribution in [0.5, 0.6) is 0 Å². The lowest BCUT2D eigenvalue weighted by Crippen LogP contribution is -2.02. The molecule has 0 spiro atoms. The molecule has 12 heavy (non-hydrogen) atoms. The summed E-state index contributed by atoms with van der Waals surface area (Å²) in [5.41, 5.74) is 8.06. The highest BCUT2D eigenvalue weighted by Gasteiger charge is 2.03. The van der Waals surface area contributed by atoms with E-state index in [1.807, 2.05) is 10.9 Å². The third kappa shape index (κ3) is 1.85. The topological polar surface area (TPSA) is 43.8 Å². The molecule has 1 heterocycles. The van der Waals surface area contributed by atoms with Gasteiger partial charge in [-0.05, 0) is 38.8 Å². The largest absolute Gasteiger partial charge is 0.330 e. The van der Waals surface area contributed by atoms with Gasteiger partial charge in [-0.25, -0.2) is 0 Å². The van der Waals surface area contributed by atoms with Crippen molar-refractivity contribution in [2.75, 3.05) is 6.54 Å². The van der Waals surface area contributed by atoms with Crippen molar-refractivity contribution in [1.82, 2.24) is 9.78 Å². The van der Waals surface area contributed by atoms with E-state index < -0.39 is 0 Å². The second kappa shape index (κ2) is 4.26. The van der Waals surface area contributed by atoms with Crippen molar-refractivity contribution >= 4 is 0 Å². The predicted octanol–water partition coefficient (Wildman–Crippen LogP) is 1.10. The molecule has 0 saturated heterocycles. The van der Waals surface area contributed by atoms with E-state index in [0.717, 1.165) is 25.9 Å². The fourth-order valence-electron chi connectivity index (χ4n) is 1.34. The summed E-state index contributed by atoms with van der Waals surface area (Å²) in [6.45, 7) is 5.93. The Morgan fingerprint density at radius 2 is 2.33 bits per heavy atom. The van der Waals surface area contributed by atoms with Crippen LogP contribution < -0.4 is 5.73 Å². The van der Waals surface area contributed by atoms with Gasteiger partial charge in [0.1, 0.15) is 0 Å². The molecule has 1 aromatic rings. The maximum Gasteiger partial charge on any atom is 0.0524 e. The zero-order valence-corrected chi connectivity index (χ0v) is 7.88. The van der Waals surface area contributed by atoms with Gasteiger partial charge in [-0.1, -0.05) is 0 Å². The van der Waals surface area contributed by atoms with Crippen LogP contribution in [0, 0.1) is 6.92 Å². The summed E-state index contributed by atoms with van der Waals surface area (Å²) < 4.78 is 2.02. The van der Waals surface area contributed by atoms with Gasteiger partial charge in [-0.15, -0.1) is 0 Å². The summed E-state index contributed by atoms with van der Waals surface area (Å²) in [7, 11) is 0. The minimum atomic E-state index is 0.761. The van der Waals surface area contributed by atoms with E-state index in [1.54, 1.807) is 0 Å². The lowest BCUT2D eigenvalue weighted by atomic mass is 10.1. The van der Waals surface area contributed by atoms with Gasteiger partial charge in [-0.3, -0.25) is 4.68 Å². The fourth-order valence-corrected chi connectivity index (χ4v) is 1.34. The molecular weight excluding hydrogens is 150 g/mol. The van der Waals surface area contributed by atoms with Gasteiger partial charge in [0.25, 0.3) is 0 Å². The first-order chi connectivity index (χ1) is 5.79. The molecule has 0 atom stereocenters. The zero-order chi connectivity index (χ0) is 8.97. The molecule has 0 aliphatic rings. The number of hydrogen-bond acceptors (Lipinski definition) is 2. The van der Waals surface area contributed by atoms with Crippen LogP contribution in [0.3, 0.4) is 0 Å². The van der Waals surface area contributed by atoms with Crippen molar-refractivity contribution in [3.8, 4) is 0 Å². The molecule has 68 valence electrons. The Labute approximate surface area is 73.6 Å². The Morgan fingerprint density at radius 3 is 2.83 bits per heavy atom. The van der Waals surface area contributed by atoms with Crippen LogP contribution >= 0.6 is 0 Å². The molecule has 0 amide bonds. The minimum Gasteiger partial charge on any atom is -0.330 e. The highest BCUT2D eigenvalue weighted by Crippen LogP contribution is 2.08. The summed E-state index contributed by atoms with van der Waals surface area (Å²) in [6, 6.07) is 0. The van der Waals surface area contributed by atoms with Crippen LogP contribution in [-0.2, 0) is 13.0 Å². The maximum absolute atomic E-state index is 5.44. The number of aryl methyl sites for hydroxylation is 2. The Bertz CT molecular complexity index is 240. The number of hydrogen-bond donors (Lipinski definition) is 1. The second-order valence-corrected chi connectivity index (χ2v) is 2.96. The first kappa shape index (κ1) is 9.26. The van der Waals surface area contributed by atoms with Crippen LogP contribution in [0.15, 0.2) is 6.20 Å². The molecular formula is C9H17N3. The number of nitrogens with two attached hydrogens (primary N) is 1. The summed E-state index contributed by atoms with van der Waals surface area (Å²) >= 11 is 0. The molecule has 0 saturated carbocycles. The van der Waals surface area contributed by atoms with E-state index in [-0.39, 0.29) is 0 Å². The monoisotopic (exact) mass is 167 g/mol. The van der Waals surface area contributed by atoms with Crippen molar-refractivity contribution in [2.24, 2.45) is 5.73 Å². The smallest absolute Gasteiger partial charge is 0.0524 e. The molecule has 0 fully saturated rings. The van der Waals surface area contributed by atoms with Crippen molar-refractivity contribution < 1.29 is 0 Å². The van der Waals surface area contributed by atoms with E-state index in [9.17, 15) is 0 Å². The summed E-state index contributed by atoms with van der Waals surface area (Å²) in [5.74, 6) is 0. The molecule has 3 heteroatoms. The highest BCUT2D eigenvalue weighted by atomic mass is 15.3. The van der Waals surface area contributed by atoms with Gasteiger partial charge in [-0.2, -0.15) is 5.10 Å². The quantitative estimate of drug-likeness (QED) is 0.730. The summed E-state index contributed by atoms with van der Waals surface area (Å²) in [6.07, 6.45) is 4.06. The van der Waals surface area contributed by atoms with Crippen LogP contribution in [0.25, 0.3) is 0 Å². The zero-order valence-electron chi connectivity index (χ0n) is 7.88. The molecule has 3 nitrogen and oxygen atoms in total. The number of rotatable bonds is 4. The maximum atomic E-state index is 5.44. The van der Waals surface area contributed by atoms with Crippen molar-refractivity contribution in [3.05, 3.63) is 17.5 Å². The molecule has 0 aliphatic carbocycles. The van der Waals surface area contributed by atoms with E-state index in [2.05, 4.69) is 18.9 Å². The molecule has 2 N–H and O–H groups in total. The second-order valence-electron chi connectivity index (χ2n) is 2.96. The summed E-state index contributed by atoms with van der Waals surface area (Å²) in [4.78, 5) is 0. The van der Waals surface area contributed by atoms with Gasteiger partial charge >= 0.3 is 0 Å². The van der Waals surface area contributed by atoms with Crippen LogP contribution in [0.4, 0.5) is 0 Å².